The van der Waals surface area contributed by atoms with E-state index in [9.17, 15) is 4.79 Å². The van der Waals surface area contributed by atoms with E-state index in [2.05, 4.69) is 20.3 Å². The van der Waals surface area contributed by atoms with Gasteiger partial charge in [-0.05, 0) is 30.7 Å². The third-order valence-electron chi connectivity index (χ3n) is 3.64. The zero-order chi connectivity index (χ0) is 16.0. The maximum absolute atomic E-state index is 12.8. The number of methoxy groups -OCH3 is 1. The average molecular weight is 308 g/mol. The smallest absolute Gasteiger partial charge is 0.285 e. The van der Waals surface area contributed by atoms with Crippen molar-refractivity contribution in [2.24, 2.45) is 0 Å². The van der Waals surface area contributed by atoms with E-state index in [0.717, 1.165) is 5.56 Å². The molecule has 0 N–H and O–H groups in total. The Labute approximate surface area is 130 Å². The Balaban J connectivity index is 2.06. The third kappa shape index (κ3) is 1.95. The van der Waals surface area contributed by atoms with Crippen molar-refractivity contribution >= 4 is 16.8 Å². The van der Waals surface area contributed by atoms with E-state index in [1.54, 1.807) is 19.4 Å². The van der Waals surface area contributed by atoms with Gasteiger partial charge in [0.1, 0.15) is 17.6 Å². The number of rotatable bonds is 2. The summed E-state index contributed by atoms with van der Waals surface area (Å²) in [5, 5.41) is 12.0. The minimum absolute atomic E-state index is 0.217. The van der Waals surface area contributed by atoms with Gasteiger partial charge in [-0.15, -0.1) is 10.2 Å². The second kappa shape index (κ2) is 4.87. The molecule has 114 valence electrons. The molecular formula is C15H12N6O2. The summed E-state index contributed by atoms with van der Waals surface area (Å²) < 4.78 is 8.34. The van der Waals surface area contributed by atoms with Crippen molar-refractivity contribution in [3.8, 4) is 11.4 Å². The molecule has 1 aromatic carbocycles. The summed E-state index contributed by atoms with van der Waals surface area (Å²) in [5.41, 5.74) is 2.15. The summed E-state index contributed by atoms with van der Waals surface area (Å²) >= 11 is 0. The fraction of sp³-hybridized carbons (Fsp3) is 0.133. The van der Waals surface area contributed by atoms with Gasteiger partial charge in [-0.2, -0.15) is 14.6 Å². The van der Waals surface area contributed by atoms with E-state index in [1.807, 2.05) is 25.1 Å². The average Bonchev–Trinajstić information content (AvgIpc) is 3.04. The molecule has 0 saturated heterocycles. The predicted molar refractivity (Wildman–Crippen MR) is 83.0 cm³/mol. The lowest BCUT2D eigenvalue weighted by Crippen LogP contribution is -2.20. The highest BCUT2D eigenvalue weighted by Crippen LogP contribution is 2.23. The van der Waals surface area contributed by atoms with Gasteiger partial charge in [0.25, 0.3) is 11.3 Å². The number of fused-ring (bicyclic) bond motifs is 3. The molecule has 0 fully saturated rings. The molecule has 8 heteroatoms. The highest BCUT2D eigenvalue weighted by molar-refractivity contribution is 5.75. The Morgan fingerprint density at radius 1 is 1.17 bits per heavy atom. The van der Waals surface area contributed by atoms with Crippen LogP contribution in [0.4, 0.5) is 0 Å². The van der Waals surface area contributed by atoms with Crippen LogP contribution in [0.15, 0.2) is 41.6 Å². The molecule has 0 aliphatic carbocycles. The van der Waals surface area contributed by atoms with Crippen molar-refractivity contribution in [1.82, 2.24) is 29.4 Å². The Kier molecular flexibility index (Phi) is 2.83. The third-order valence-corrected chi connectivity index (χ3v) is 3.64. The lowest BCUT2D eigenvalue weighted by atomic mass is 10.2. The summed E-state index contributed by atoms with van der Waals surface area (Å²) in [6, 6.07) is 7.39. The van der Waals surface area contributed by atoms with Crippen LogP contribution in [-0.4, -0.2) is 36.5 Å². The minimum Gasteiger partial charge on any atom is -0.495 e. The van der Waals surface area contributed by atoms with Gasteiger partial charge in [0.05, 0.1) is 12.8 Å². The number of pyridine rings is 1. The Hall–Kier alpha value is -3.29. The molecule has 3 aromatic heterocycles. The molecule has 0 aliphatic heterocycles. The zero-order valence-corrected chi connectivity index (χ0v) is 12.5. The SMILES string of the molecule is COc1ccc(C)cc1-n1ccc2c(nnc3ncnn32)c1=O. The highest BCUT2D eigenvalue weighted by Gasteiger charge is 2.13. The fourth-order valence-electron chi connectivity index (χ4n) is 2.53. The summed E-state index contributed by atoms with van der Waals surface area (Å²) in [6.45, 7) is 1.95. The first-order valence-electron chi connectivity index (χ1n) is 6.92. The standard InChI is InChI=1S/C15H12N6O2/c1-9-3-4-12(23-2)11(7-9)20-6-5-10-13(14(20)22)18-19-15-16-8-17-21(10)15/h3-8H,1-2H3. The molecule has 0 spiro atoms. The van der Waals surface area contributed by atoms with Crippen LogP contribution in [0.2, 0.25) is 0 Å². The molecule has 0 amide bonds. The predicted octanol–water partition coefficient (Wildman–Crippen LogP) is 1.14. The topological polar surface area (TPSA) is 87.2 Å². The maximum Gasteiger partial charge on any atom is 0.285 e. The van der Waals surface area contributed by atoms with Crippen LogP contribution in [0.5, 0.6) is 5.75 Å². The van der Waals surface area contributed by atoms with E-state index in [1.165, 1.54) is 15.4 Å². The van der Waals surface area contributed by atoms with Crippen molar-refractivity contribution in [2.75, 3.05) is 7.11 Å². The fourth-order valence-corrected chi connectivity index (χ4v) is 2.53. The molecule has 0 unspecified atom stereocenters. The van der Waals surface area contributed by atoms with Crippen LogP contribution in [0.1, 0.15) is 5.56 Å². The molecular weight excluding hydrogens is 296 g/mol. The van der Waals surface area contributed by atoms with Gasteiger partial charge >= 0.3 is 0 Å². The first kappa shape index (κ1) is 13.4. The van der Waals surface area contributed by atoms with E-state index in [0.29, 0.717) is 22.7 Å². The number of ether oxygens (including phenoxy) is 1. The number of hydrogen-bond acceptors (Lipinski definition) is 6. The summed E-state index contributed by atoms with van der Waals surface area (Å²) in [7, 11) is 1.57. The number of aromatic nitrogens is 6. The van der Waals surface area contributed by atoms with Crippen LogP contribution in [0, 0.1) is 6.92 Å². The normalized spacial score (nSPS) is 11.2. The van der Waals surface area contributed by atoms with Crippen molar-refractivity contribution in [3.05, 3.63) is 52.7 Å². The Morgan fingerprint density at radius 3 is 2.87 bits per heavy atom. The molecule has 3 heterocycles. The van der Waals surface area contributed by atoms with E-state index >= 15 is 0 Å². The van der Waals surface area contributed by atoms with Gasteiger partial charge in [0.2, 0.25) is 0 Å². The van der Waals surface area contributed by atoms with Crippen molar-refractivity contribution in [3.63, 3.8) is 0 Å². The van der Waals surface area contributed by atoms with Crippen LogP contribution in [-0.2, 0) is 0 Å². The molecule has 0 bridgehead atoms. The van der Waals surface area contributed by atoms with Crippen LogP contribution in [0.25, 0.3) is 22.5 Å². The van der Waals surface area contributed by atoms with Gasteiger partial charge in [-0.3, -0.25) is 9.36 Å². The summed E-state index contributed by atoms with van der Waals surface area (Å²) in [4.78, 5) is 16.8. The second-order valence-corrected chi connectivity index (χ2v) is 5.07. The largest absolute Gasteiger partial charge is 0.495 e. The molecule has 4 rings (SSSR count). The Morgan fingerprint density at radius 2 is 2.04 bits per heavy atom. The van der Waals surface area contributed by atoms with Crippen molar-refractivity contribution in [2.45, 2.75) is 6.92 Å². The number of benzene rings is 1. The van der Waals surface area contributed by atoms with E-state index in [4.69, 9.17) is 4.74 Å². The van der Waals surface area contributed by atoms with Gasteiger partial charge in [-0.1, -0.05) is 6.07 Å². The van der Waals surface area contributed by atoms with E-state index < -0.39 is 0 Å². The molecule has 0 aliphatic rings. The molecule has 4 aromatic rings. The lowest BCUT2D eigenvalue weighted by Gasteiger charge is -2.12. The summed E-state index contributed by atoms with van der Waals surface area (Å²) in [6.07, 6.45) is 3.04. The highest BCUT2D eigenvalue weighted by atomic mass is 16.5. The van der Waals surface area contributed by atoms with Gasteiger partial charge in [-0.25, -0.2) is 0 Å². The summed E-state index contributed by atoms with van der Waals surface area (Å²) in [5.74, 6) is 0.953. The van der Waals surface area contributed by atoms with Crippen LogP contribution >= 0.6 is 0 Å². The van der Waals surface area contributed by atoms with Gasteiger partial charge < -0.3 is 4.74 Å². The first-order chi connectivity index (χ1) is 11.2. The number of hydrogen-bond donors (Lipinski definition) is 0. The minimum atomic E-state index is -0.295. The van der Waals surface area contributed by atoms with E-state index in [-0.39, 0.29) is 11.1 Å². The van der Waals surface area contributed by atoms with Gasteiger partial charge in [0.15, 0.2) is 5.52 Å². The van der Waals surface area contributed by atoms with Crippen LogP contribution < -0.4 is 10.3 Å². The van der Waals surface area contributed by atoms with Crippen molar-refractivity contribution < 1.29 is 4.74 Å². The molecule has 8 nitrogen and oxygen atoms in total. The quantitative estimate of drug-likeness (QED) is 0.552. The van der Waals surface area contributed by atoms with Crippen molar-refractivity contribution in [1.29, 1.82) is 0 Å². The lowest BCUT2D eigenvalue weighted by molar-refractivity contribution is 0.412. The molecule has 0 atom stereocenters. The number of nitrogens with zero attached hydrogens (tertiary/aromatic N) is 6. The zero-order valence-electron chi connectivity index (χ0n) is 12.5. The van der Waals surface area contributed by atoms with Gasteiger partial charge in [0, 0.05) is 6.20 Å². The second-order valence-electron chi connectivity index (χ2n) is 5.07. The molecule has 0 radical (unpaired) electrons. The number of aryl methyl sites for hydroxylation is 1. The molecule has 23 heavy (non-hydrogen) atoms. The maximum atomic E-state index is 12.8. The van der Waals surface area contributed by atoms with Crippen LogP contribution in [0.3, 0.4) is 0 Å². The Bertz CT molecular complexity index is 1100. The monoisotopic (exact) mass is 308 g/mol. The molecule has 0 saturated carbocycles. The first-order valence-corrected chi connectivity index (χ1v) is 6.92.